The molecule has 0 saturated carbocycles. The van der Waals surface area contributed by atoms with Gasteiger partial charge in [0.2, 0.25) is 5.88 Å². The van der Waals surface area contributed by atoms with E-state index < -0.39 is 15.9 Å². The molecule has 0 aliphatic carbocycles. The SMILES string of the molecule is CCCCOc1nc(-c2ccc(F)cc2)c(-c2ccc(S(C)(=O)=O)cc2)cc1C(C)O. The molecule has 0 aliphatic rings. The summed E-state index contributed by atoms with van der Waals surface area (Å²) in [6.45, 7) is 4.16. The lowest BCUT2D eigenvalue weighted by Crippen LogP contribution is -2.06. The van der Waals surface area contributed by atoms with Crippen molar-refractivity contribution in [2.75, 3.05) is 12.9 Å². The standard InChI is InChI=1S/C24H26FNO4S/c1-4-5-14-30-24-21(16(2)27)15-22(17-8-12-20(13-9-17)31(3,28)29)23(26-24)18-6-10-19(25)11-7-18/h6-13,15-16,27H,4-5,14H2,1-3H3. The number of unbranched alkanes of at least 4 members (excludes halogenated alkanes) is 1. The molecule has 3 rings (SSSR count). The Morgan fingerprint density at radius 2 is 1.68 bits per heavy atom. The second-order valence-electron chi connectivity index (χ2n) is 7.46. The Morgan fingerprint density at radius 1 is 1.06 bits per heavy atom. The van der Waals surface area contributed by atoms with E-state index in [4.69, 9.17) is 9.72 Å². The number of sulfone groups is 1. The van der Waals surface area contributed by atoms with Crippen molar-refractivity contribution in [3.63, 3.8) is 0 Å². The molecule has 1 heterocycles. The first-order valence-corrected chi connectivity index (χ1v) is 12.0. The van der Waals surface area contributed by atoms with E-state index >= 15 is 0 Å². The van der Waals surface area contributed by atoms with Crippen LogP contribution in [0.2, 0.25) is 0 Å². The molecular formula is C24H26FNO4S. The number of benzene rings is 2. The Morgan fingerprint density at radius 3 is 2.23 bits per heavy atom. The number of aliphatic hydroxyl groups is 1. The fourth-order valence-electron chi connectivity index (χ4n) is 3.17. The molecule has 164 valence electrons. The Bertz CT molecular complexity index is 1140. The smallest absolute Gasteiger partial charge is 0.219 e. The molecule has 3 aromatic rings. The van der Waals surface area contributed by atoms with Crippen LogP contribution in [0.5, 0.6) is 5.88 Å². The third-order valence-electron chi connectivity index (χ3n) is 4.91. The second-order valence-corrected chi connectivity index (χ2v) is 9.48. The zero-order chi connectivity index (χ0) is 22.6. The predicted octanol–water partition coefficient (Wildman–Crippen LogP) is 5.19. The topological polar surface area (TPSA) is 76.5 Å². The van der Waals surface area contributed by atoms with Crippen LogP contribution in [0.4, 0.5) is 4.39 Å². The monoisotopic (exact) mass is 443 g/mol. The summed E-state index contributed by atoms with van der Waals surface area (Å²) in [6, 6.07) is 14.2. The molecule has 0 radical (unpaired) electrons. The van der Waals surface area contributed by atoms with Crippen LogP contribution in [0.1, 0.15) is 38.4 Å². The number of hydrogen-bond acceptors (Lipinski definition) is 5. The molecule has 1 atom stereocenters. The van der Waals surface area contributed by atoms with Gasteiger partial charge in [0.05, 0.1) is 23.3 Å². The van der Waals surface area contributed by atoms with Crippen LogP contribution in [0.15, 0.2) is 59.5 Å². The third-order valence-corrected chi connectivity index (χ3v) is 6.04. The molecule has 0 amide bonds. The maximum atomic E-state index is 13.5. The molecule has 0 fully saturated rings. The van der Waals surface area contributed by atoms with Crippen LogP contribution in [0.25, 0.3) is 22.4 Å². The van der Waals surface area contributed by atoms with Gasteiger partial charge in [-0.3, -0.25) is 0 Å². The number of halogens is 1. The Kier molecular flexibility index (Phi) is 7.08. The van der Waals surface area contributed by atoms with Gasteiger partial charge in [0.1, 0.15) is 5.82 Å². The van der Waals surface area contributed by atoms with E-state index in [9.17, 15) is 17.9 Å². The van der Waals surface area contributed by atoms with E-state index in [-0.39, 0.29) is 10.7 Å². The summed E-state index contributed by atoms with van der Waals surface area (Å²) in [6.07, 6.45) is 2.14. The molecule has 5 nitrogen and oxygen atoms in total. The van der Waals surface area contributed by atoms with Crippen LogP contribution < -0.4 is 4.74 Å². The third kappa shape index (κ3) is 5.48. The zero-order valence-corrected chi connectivity index (χ0v) is 18.6. The van der Waals surface area contributed by atoms with E-state index in [2.05, 4.69) is 6.92 Å². The lowest BCUT2D eigenvalue weighted by atomic mass is 9.96. The number of aliphatic hydroxyl groups excluding tert-OH is 1. The minimum absolute atomic E-state index is 0.211. The molecule has 0 bridgehead atoms. The van der Waals surface area contributed by atoms with Crippen molar-refractivity contribution >= 4 is 9.84 Å². The van der Waals surface area contributed by atoms with Gasteiger partial charge in [0, 0.05) is 22.9 Å². The van der Waals surface area contributed by atoms with Crippen LogP contribution in [-0.2, 0) is 9.84 Å². The van der Waals surface area contributed by atoms with E-state index in [1.54, 1.807) is 37.3 Å². The number of ether oxygens (including phenoxy) is 1. The highest BCUT2D eigenvalue weighted by Crippen LogP contribution is 2.37. The molecule has 0 saturated heterocycles. The second kappa shape index (κ2) is 9.58. The van der Waals surface area contributed by atoms with Crippen molar-refractivity contribution in [1.82, 2.24) is 4.98 Å². The van der Waals surface area contributed by atoms with E-state index in [1.807, 2.05) is 0 Å². The predicted molar refractivity (Wildman–Crippen MR) is 119 cm³/mol. The molecular weight excluding hydrogens is 417 g/mol. The van der Waals surface area contributed by atoms with Crippen molar-refractivity contribution in [3.05, 3.63) is 66.0 Å². The highest BCUT2D eigenvalue weighted by molar-refractivity contribution is 7.90. The minimum Gasteiger partial charge on any atom is -0.477 e. The van der Waals surface area contributed by atoms with Gasteiger partial charge in [-0.25, -0.2) is 17.8 Å². The summed E-state index contributed by atoms with van der Waals surface area (Å²) in [5.41, 5.74) is 3.18. The molecule has 1 unspecified atom stereocenters. The quantitative estimate of drug-likeness (QED) is 0.485. The average molecular weight is 444 g/mol. The largest absolute Gasteiger partial charge is 0.477 e. The van der Waals surface area contributed by atoms with Gasteiger partial charge in [0.25, 0.3) is 0 Å². The molecule has 0 spiro atoms. The molecule has 1 aromatic heterocycles. The van der Waals surface area contributed by atoms with Crippen molar-refractivity contribution in [2.45, 2.75) is 37.7 Å². The molecule has 2 aromatic carbocycles. The summed E-state index contributed by atoms with van der Waals surface area (Å²) in [5, 5.41) is 10.3. The highest BCUT2D eigenvalue weighted by Gasteiger charge is 2.19. The van der Waals surface area contributed by atoms with Crippen LogP contribution in [-0.4, -0.2) is 31.4 Å². The van der Waals surface area contributed by atoms with Crippen LogP contribution in [0, 0.1) is 5.82 Å². The summed E-state index contributed by atoms with van der Waals surface area (Å²) >= 11 is 0. The molecule has 0 aliphatic heterocycles. The maximum Gasteiger partial charge on any atom is 0.219 e. The van der Waals surface area contributed by atoms with E-state index in [0.717, 1.165) is 24.7 Å². The van der Waals surface area contributed by atoms with Gasteiger partial charge in [-0.15, -0.1) is 0 Å². The highest BCUT2D eigenvalue weighted by atomic mass is 32.2. The molecule has 7 heteroatoms. The summed E-state index contributed by atoms with van der Waals surface area (Å²) in [5.74, 6) is -0.0258. The van der Waals surface area contributed by atoms with E-state index in [1.165, 1.54) is 24.3 Å². The van der Waals surface area contributed by atoms with Crippen molar-refractivity contribution in [1.29, 1.82) is 0 Å². The Hall–Kier alpha value is -2.77. The fourth-order valence-corrected chi connectivity index (χ4v) is 3.80. The minimum atomic E-state index is -3.33. The summed E-state index contributed by atoms with van der Waals surface area (Å²) in [7, 11) is -3.33. The Labute approximate surface area is 182 Å². The van der Waals surface area contributed by atoms with Gasteiger partial charge >= 0.3 is 0 Å². The first-order valence-electron chi connectivity index (χ1n) is 10.1. The first kappa shape index (κ1) is 22.9. The molecule has 1 N–H and O–H groups in total. The van der Waals surface area contributed by atoms with Gasteiger partial charge in [-0.05, 0) is 61.4 Å². The maximum absolute atomic E-state index is 13.5. The van der Waals surface area contributed by atoms with Crippen LogP contribution >= 0.6 is 0 Å². The van der Waals surface area contributed by atoms with Gasteiger partial charge in [-0.2, -0.15) is 0 Å². The first-order chi connectivity index (χ1) is 14.7. The van der Waals surface area contributed by atoms with Gasteiger partial charge < -0.3 is 9.84 Å². The number of nitrogens with zero attached hydrogens (tertiary/aromatic N) is 1. The lowest BCUT2D eigenvalue weighted by Gasteiger charge is -2.18. The number of rotatable bonds is 8. The average Bonchev–Trinajstić information content (AvgIpc) is 2.73. The van der Waals surface area contributed by atoms with Crippen LogP contribution in [0.3, 0.4) is 0 Å². The van der Waals surface area contributed by atoms with E-state index in [0.29, 0.717) is 34.9 Å². The fraction of sp³-hybridized carbons (Fsp3) is 0.292. The number of aromatic nitrogens is 1. The lowest BCUT2D eigenvalue weighted by molar-refractivity contribution is 0.189. The summed E-state index contributed by atoms with van der Waals surface area (Å²) in [4.78, 5) is 4.90. The van der Waals surface area contributed by atoms with Crippen molar-refractivity contribution in [3.8, 4) is 28.3 Å². The van der Waals surface area contributed by atoms with Crippen molar-refractivity contribution in [2.24, 2.45) is 0 Å². The Balaban J connectivity index is 2.19. The zero-order valence-electron chi connectivity index (χ0n) is 17.8. The summed E-state index contributed by atoms with van der Waals surface area (Å²) < 4.78 is 43.0. The van der Waals surface area contributed by atoms with Gasteiger partial charge in [0.15, 0.2) is 9.84 Å². The normalized spacial score (nSPS) is 12.5. The number of hydrogen-bond donors (Lipinski definition) is 1. The molecule has 31 heavy (non-hydrogen) atoms. The number of pyridine rings is 1. The van der Waals surface area contributed by atoms with Gasteiger partial charge in [-0.1, -0.05) is 25.5 Å². The van der Waals surface area contributed by atoms with Crippen molar-refractivity contribution < 1.29 is 22.7 Å².